The predicted octanol–water partition coefficient (Wildman–Crippen LogP) is 1.93. The third-order valence-corrected chi connectivity index (χ3v) is 3.47. The molecule has 1 fully saturated rings. The average molecular weight is 257 g/mol. The molecule has 92 valence electrons. The average Bonchev–Trinajstić information content (AvgIpc) is 2.72. The van der Waals surface area contributed by atoms with Crippen LogP contribution in [0, 0.1) is 5.82 Å². The third kappa shape index (κ3) is 2.58. The van der Waals surface area contributed by atoms with Gasteiger partial charge in [-0.15, -0.1) is 0 Å². The normalized spacial score (nSPS) is 20.7. The molecule has 0 aromatic heterocycles. The van der Waals surface area contributed by atoms with E-state index in [0.29, 0.717) is 17.1 Å². The number of likely N-dealkylation sites (tertiary alicyclic amines) is 1. The van der Waals surface area contributed by atoms with E-state index in [4.69, 9.17) is 17.3 Å². The first-order chi connectivity index (χ1) is 8.09. The maximum atomic E-state index is 13.6. The highest BCUT2D eigenvalue weighted by Gasteiger charge is 2.29. The molecule has 0 radical (unpaired) electrons. The molecular formula is C12H14ClFN2O. The topological polar surface area (TPSA) is 46.3 Å². The molecule has 3 nitrogen and oxygen atoms in total. The van der Waals surface area contributed by atoms with Crippen molar-refractivity contribution < 1.29 is 9.18 Å². The van der Waals surface area contributed by atoms with E-state index in [2.05, 4.69) is 0 Å². The van der Waals surface area contributed by atoms with Crippen molar-refractivity contribution in [3.05, 3.63) is 34.6 Å². The van der Waals surface area contributed by atoms with Gasteiger partial charge >= 0.3 is 0 Å². The van der Waals surface area contributed by atoms with Gasteiger partial charge in [0.2, 0.25) is 5.91 Å². The Balaban J connectivity index is 2.18. The molecule has 2 N–H and O–H groups in total. The maximum absolute atomic E-state index is 13.6. The Labute approximate surface area is 104 Å². The van der Waals surface area contributed by atoms with Crippen LogP contribution in [0.1, 0.15) is 18.4 Å². The zero-order valence-corrected chi connectivity index (χ0v) is 10.1. The van der Waals surface area contributed by atoms with E-state index in [0.717, 1.165) is 19.4 Å². The summed E-state index contributed by atoms with van der Waals surface area (Å²) < 4.78 is 13.6. The summed E-state index contributed by atoms with van der Waals surface area (Å²) in [6, 6.07) is 4.29. The van der Waals surface area contributed by atoms with E-state index in [9.17, 15) is 9.18 Å². The van der Waals surface area contributed by atoms with Crippen LogP contribution in [0.2, 0.25) is 5.02 Å². The molecule has 0 aliphatic carbocycles. The van der Waals surface area contributed by atoms with Crippen molar-refractivity contribution in [2.24, 2.45) is 5.73 Å². The Morgan fingerprint density at radius 3 is 3.00 bits per heavy atom. The quantitative estimate of drug-likeness (QED) is 0.898. The van der Waals surface area contributed by atoms with Gasteiger partial charge in [-0.05, 0) is 31.5 Å². The highest BCUT2D eigenvalue weighted by molar-refractivity contribution is 6.31. The zero-order chi connectivity index (χ0) is 12.4. The van der Waals surface area contributed by atoms with E-state index in [1.54, 1.807) is 12.1 Å². The number of hydrogen-bond acceptors (Lipinski definition) is 2. The minimum atomic E-state index is -0.352. The second-order valence-electron chi connectivity index (χ2n) is 4.23. The van der Waals surface area contributed by atoms with Gasteiger partial charge in [0.1, 0.15) is 5.82 Å². The molecule has 1 unspecified atom stereocenters. The lowest BCUT2D eigenvalue weighted by atomic mass is 10.1. The summed E-state index contributed by atoms with van der Waals surface area (Å²) in [6.07, 6.45) is 1.64. The standard InChI is InChI=1S/C12H14ClFN2O/c13-9-3-1-4-10(14)8(9)7-16-6-2-5-11(16)12(15)17/h1,3-4,11H,2,5-7H2,(H2,15,17). The lowest BCUT2D eigenvalue weighted by molar-refractivity contribution is -0.122. The molecule has 0 saturated carbocycles. The van der Waals surface area contributed by atoms with Gasteiger partial charge in [0.25, 0.3) is 0 Å². The number of carbonyl (C=O) groups excluding carboxylic acids is 1. The lowest BCUT2D eigenvalue weighted by Crippen LogP contribution is -2.39. The number of benzene rings is 1. The van der Waals surface area contributed by atoms with Crippen molar-refractivity contribution in [1.29, 1.82) is 0 Å². The molecule has 1 aliphatic heterocycles. The summed E-state index contributed by atoms with van der Waals surface area (Å²) in [7, 11) is 0. The third-order valence-electron chi connectivity index (χ3n) is 3.11. The Hall–Kier alpha value is -1.13. The van der Waals surface area contributed by atoms with Crippen LogP contribution in [-0.4, -0.2) is 23.4 Å². The van der Waals surface area contributed by atoms with Gasteiger partial charge in [0.05, 0.1) is 6.04 Å². The molecule has 2 rings (SSSR count). The highest BCUT2D eigenvalue weighted by Crippen LogP contribution is 2.25. The molecule has 1 heterocycles. The minimum Gasteiger partial charge on any atom is -0.368 e. The van der Waals surface area contributed by atoms with Gasteiger partial charge in [0, 0.05) is 17.1 Å². The fraction of sp³-hybridized carbons (Fsp3) is 0.417. The zero-order valence-electron chi connectivity index (χ0n) is 9.33. The number of hydrogen-bond donors (Lipinski definition) is 1. The summed E-state index contributed by atoms with van der Waals surface area (Å²) in [6.45, 7) is 1.08. The SMILES string of the molecule is NC(=O)C1CCCN1Cc1c(F)cccc1Cl. The number of nitrogens with two attached hydrogens (primary N) is 1. The van der Waals surface area contributed by atoms with Crippen molar-refractivity contribution in [3.63, 3.8) is 0 Å². The van der Waals surface area contributed by atoms with E-state index in [1.807, 2.05) is 4.90 Å². The van der Waals surface area contributed by atoms with Crippen LogP contribution in [0.25, 0.3) is 0 Å². The molecule has 1 aromatic carbocycles. The lowest BCUT2D eigenvalue weighted by Gasteiger charge is -2.22. The smallest absolute Gasteiger partial charge is 0.234 e. The second-order valence-corrected chi connectivity index (χ2v) is 4.64. The Morgan fingerprint density at radius 1 is 1.59 bits per heavy atom. The van der Waals surface area contributed by atoms with Gasteiger partial charge in [-0.2, -0.15) is 0 Å². The van der Waals surface area contributed by atoms with Gasteiger partial charge in [-0.3, -0.25) is 9.69 Å². The summed E-state index contributed by atoms with van der Waals surface area (Å²) >= 11 is 5.95. The number of rotatable bonds is 3. The van der Waals surface area contributed by atoms with Crippen molar-refractivity contribution in [1.82, 2.24) is 4.90 Å². The first-order valence-corrected chi connectivity index (χ1v) is 5.93. The molecule has 17 heavy (non-hydrogen) atoms. The van der Waals surface area contributed by atoms with E-state index >= 15 is 0 Å². The molecule has 1 atom stereocenters. The first-order valence-electron chi connectivity index (χ1n) is 5.56. The summed E-state index contributed by atoms with van der Waals surface area (Å²) in [5, 5.41) is 0.389. The summed E-state index contributed by atoms with van der Waals surface area (Å²) in [5.41, 5.74) is 5.74. The van der Waals surface area contributed by atoms with Crippen LogP contribution in [-0.2, 0) is 11.3 Å². The second kappa shape index (κ2) is 5.02. The van der Waals surface area contributed by atoms with Crippen molar-refractivity contribution in [2.75, 3.05) is 6.54 Å². The van der Waals surface area contributed by atoms with Crippen LogP contribution < -0.4 is 5.73 Å². The van der Waals surface area contributed by atoms with Crippen LogP contribution >= 0.6 is 11.6 Å². The Bertz CT molecular complexity index is 418. The summed E-state index contributed by atoms with van der Waals surface area (Å²) in [4.78, 5) is 13.1. The molecule has 1 saturated heterocycles. The molecule has 1 aromatic rings. The van der Waals surface area contributed by atoms with Crippen molar-refractivity contribution >= 4 is 17.5 Å². The van der Waals surface area contributed by atoms with E-state index < -0.39 is 0 Å². The van der Waals surface area contributed by atoms with Crippen molar-refractivity contribution in [3.8, 4) is 0 Å². The van der Waals surface area contributed by atoms with E-state index in [-0.39, 0.29) is 17.8 Å². The van der Waals surface area contributed by atoms with Gasteiger partial charge in [0.15, 0.2) is 0 Å². The van der Waals surface area contributed by atoms with Crippen LogP contribution in [0.3, 0.4) is 0 Å². The maximum Gasteiger partial charge on any atom is 0.234 e. The van der Waals surface area contributed by atoms with Crippen LogP contribution in [0.4, 0.5) is 4.39 Å². The fourth-order valence-electron chi connectivity index (χ4n) is 2.22. The molecule has 5 heteroatoms. The van der Waals surface area contributed by atoms with Crippen LogP contribution in [0.15, 0.2) is 18.2 Å². The van der Waals surface area contributed by atoms with Gasteiger partial charge in [-0.1, -0.05) is 17.7 Å². The number of carbonyl (C=O) groups is 1. The van der Waals surface area contributed by atoms with Crippen LogP contribution in [0.5, 0.6) is 0 Å². The van der Waals surface area contributed by atoms with Gasteiger partial charge < -0.3 is 5.73 Å². The number of primary amides is 1. The molecular weight excluding hydrogens is 243 g/mol. The van der Waals surface area contributed by atoms with Gasteiger partial charge in [-0.25, -0.2) is 4.39 Å². The number of halogens is 2. The minimum absolute atomic E-state index is 0.300. The first kappa shape index (κ1) is 12.3. The Kier molecular flexibility index (Phi) is 3.64. The molecule has 0 spiro atoms. The number of nitrogens with zero attached hydrogens (tertiary/aromatic N) is 1. The molecule has 0 bridgehead atoms. The molecule has 1 amide bonds. The molecule has 1 aliphatic rings. The summed E-state index contributed by atoms with van der Waals surface area (Å²) in [5.74, 6) is -0.692. The van der Waals surface area contributed by atoms with Crippen molar-refractivity contribution in [2.45, 2.75) is 25.4 Å². The number of amides is 1. The predicted molar refractivity (Wildman–Crippen MR) is 64.0 cm³/mol. The van der Waals surface area contributed by atoms with E-state index in [1.165, 1.54) is 6.07 Å². The highest BCUT2D eigenvalue weighted by atomic mass is 35.5. The monoisotopic (exact) mass is 256 g/mol. The fourth-order valence-corrected chi connectivity index (χ4v) is 2.45. The Morgan fingerprint density at radius 2 is 2.35 bits per heavy atom. The largest absolute Gasteiger partial charge is 0.368 e.